The molecular formula is C16H23ClN2O4S. The lowest BCUT2D eigenvalue weighted by molar-refractivity contribution is -0.123. The first kappa shape index (κ1) is 19.0. The van der Waals surface area contributed by atoms with Crippen molar-refractivity contribution in [3.05, 3.63) is 23.2 Å². The van der Waals surface area contributed by atoms with Gasteiger partial charge in [-0.25, -0.2) is 8.42 Å². The Kier molecular flexibility index (Phi) is 6.48. The molecule has 8 heteroatoms. The average Bonchev–Trinajstić information content (AvgIpc) is 3.01. The van der Waals surface area contributed by atoms with E-state index in [1.807, 2.05) is 6.92 Å². The van der Waals surface area contributed by atoms with Crippen molar-refractivity contribution in [2.24, 2.45) is 0 Å². The van der Waals surface area contributed by atoms with Gasteiger partial charge in [0.1, 0.15) is 5.75 Å². The summed E-state index contributed by atoms with van der Waals surface area (Å²) in [7, 11) is -3.84. The molecule has 6 nitrogen and oxygen atoms in total. The number of nitrogens with one attached hydrogen (secondary N) is 2. The predicted molar refractivity (Wildman–Crippen MR) is 92.8 cm³/mol. The van der Waals surface area contributed by atoms with Gasteiger partial charge < -0.3 is 10.1 Å². The maximum atomic E-state index is 12.4. The highest BCUT2D eigenvalue weighted by atomic mass is 35.5. The average molecular weight is 375 g/mol. The largest absolute Gasteiger partial charge is 0.492 e. The van der Waals surface area contributed by atoms with Crippen LogP contribution >= 0.6 is 11.6 Å². The molecule has 1 atom stereocenters. The summed E-state index contributed by atoms with van der Waals surface area (Å²) in [4.78, 5) is 12.1. The second-order valence-electron chi connectivity index (χ2n) is 5.86. The zero-order chi connectivity index (χ0) is 17.7. The van der Waals surface area contributed by atoms with Gasteiger partial charge in [-0.1, -0.05) is 24.4 Å². The van der Waals surface area contributed by atoms with Gasteiger partial charge in [0.2, 0.25) is 15.9 Å². The third-order valence-corrected chi connectivity index (χ3v) is 5.77. The molecule has 0 unspecified atom stereocenters. The third kappa shape index (κ3) is 4.84. The smallest absolute Gasteiger partial charge is 0.241 e. The van der Waals surface area contributed by atoms with Crippen molar-refractivity contribution in [1.82, 2.24) is 10.0 Å². The number of carbonyl (C=O) groups excluding carboxylic acids is 1. The van der Waals surface area contributed by atoms with E-state index in [2.05, 4.69) is 10.0 Å². The summed E-state index contributed by atoms with van der Waals surface area (Å²) >= 11 is 6.03. The third-order valence-electron chi connectivity index (χ3n) is 3.94. The molecule has 0 bridgehead atoms. The van der Waals surface area contributed by atoms with Gasteiger partial charge in [-0.3, -0.25) is 4.79 Å². The van der Waals surface area contributed by atoms with Gasteiger partial charge in [-0.2, -0.15) is 4.72 Å². The van der Waals surface area contributed by atoms with E-state index in [1.165, 1.54) is 25.1 Å². The van der Waals surface area contributed by atoms with Gasteiger partial charge in [-0.15, -0.1) is 0 Å². The lowest BCUT2D eigenvalue weighted by atomic mass is 10.2. The Hall–Kier alpha value is -1.31. The Morgan fingerprint density at radius 2 is 2.04 bits per heavy atom. The van der Waals surface area contributed by atoms with Crippen LogP contribution in [-0.4, -0.2) is 33.0 Å². The first-order chi connectivity index (χ1) is 11.3. The molecule has 0 saturated heterocycles. The van der Waals surface area contributed by atoms with E-state index < -0.39 is 16.1 Å². The van der Waals surface area contributed by atoms with Gasteiger partial charge in [0.05, 0.1) is 22.6 Å². The van der Waals surface area contributed by atoms with Gasteiger partial charge in [0, 0.05) is 6.04 Å². The molecule has 1 aliphatic rings. The first-order valence-corrected chi connectivity index (χ1v) is 9.94. The Labute approximate surface area is 148 Å². The minimum absolute atomic E-state index is 0.00327. The lowest BCUT2D eigenvalue weighted by Crippen LogP contribution is -2.47. The number of amides is 1. The van der Waals surface area contributed by atoms with Crippen LogP contribution in [0.5, 0.6) is 5.75 Å². The van der Waals surface area contributed by atoms with Crippen molar-refractivity contribution in [3.63, 3.8) is 0 Å². The van der Waals surface area contributed by atoms with Crippen LogP contribution in [0, 0.1) is 0 Å². The van der Waals surface area contributed by atoms with Crippen molar-refractivity contribution in [2.75, 3.05) is 6.61 Å². The van der Waals surface area contributed by atoms with Crippen LogP contribution < -0.4 is 14.8 Å². The van der Waals surface area contributed by atoms with E-state index in [4.69, 9.17) is 16.3 Å². The molecule has 1 amide bonds. The van der Waals surface area contributed by atoms with E-state index in [0.29, 0.717) is 12.4 Å². The van der Waals surface area contributed by atoms with Crippen LogP contribution in [0.3, 0.4) is 0 Å². The van der Waals surface area contributed by atoms with Crippen molar-refractivity contribution in [3.8, 4) is 5.75 Å². The highest BCUT2D eigenvalue weighted by molar-refractivity contribution is 7.89. The number of benzene rings is 1. The summed E-state index contributed by atoms with van der Waals surface area (Å²) in [6, 6.07) is 3.51. The number of rotatable bonds is 7. The standard InChI is InChI=1S/C16H23ClN2O4S/c1-3-23-15-9-8-13(10-14(15)17)24(21,22)19-11(2)16(20)18-12-6-4-5-7-12/h8-12,19H,3-7H2,1-2H3,(H,18,20)/t11-/m0/s1. The molecule has 0 spiro atoms. The number of hydrogen-bond donors (Lipinski definition) is 2. The van der Waals surface area contributed by atoms with Gasteiger partial charge in [-0.05, 0) is 44.9 Å². The van der Waals surface area contributed by atoms with E-state index in [-0.39, 0.29) is 21.9 Å². The van der Waals surface area contributed by atoms with E-state index >= 15 is 0 Å². The van der Waals surface area contributed by atoms with Crippen LogP contribution in [0.1, 0.15) is 39.5 Å². The number of sulfonamides is 1. The number of halogens is 1. The molecule has 1 saturated carbocycles. The summed E-state index contributed by atoms with van der Waals surface area (Å²) < 4.78 is 32.5. The SMILES string of the molecule is CCOc1ccc(S(=O)(=O)N[C@@H](C)C(=O)NC2CCCC2)cc1Cl. The van der Waals surface area contributed by atoms with Gasteiger partial charge in [0.15, 0.2) is 0 Å². The molecular weight excluding hydrogens is 352 g/mol. The second-order valence-corrected chi connectivity index (χ2v) is 7.98. The van der Waals surface area contributed by atoms with E-state index in [9.17, 15) is 13.2 Å². The minimum atomic E-state index is -3.84. The predicted octanol–water partition coefficient (Wildman–Crippen LogP) is 2.46. The molecule has 1 aliphatic carbocycles. The second kappa shape index (κ2) is 8.18. The molecule has 2 N–H and O–H groups in total. The molecule has 0 heterocycles. The summed E-state index contributed by atoms with van der Waals surface area (Å²) in [5.74, 6) is 0.104. The van der Waals surface area contributed by atoms with Crippen LogP contribution in [0.4, 0.5) is 0 Å². The molecule has 24 heavy (non-hydrogen) atoms. The topological polar surface area (TPSA) is 84.5 Å². The Balaban J connectivity index is 2.04. The van der Waals surface area contributed by atoms with Crippen LogP contribution in [0.2, 0.25) is 5.02 Å². The normalized spacial score (nSPS) is 16.8. The van der Waals surface area contributed by atoms with Crippen molar-refractivity contribution in [1.29, 1.82) is 0 Å². The fraction of sp³-hybridized carbons (Fsp3) is 0.562. The number of hydrogen-bond acceptors (Lipinski definition) is 4. The van der Waals surface area contributed by atoms with Crippen molar-refractivity contribution < 1.29 is 17.9 Å². The molecule has 1 aromatic carbocycles. The zero-order valence-corrected chi connectivity index (χ0v) is 15.4. The summed E-state index contributed by atoms with van der Waals surface area (Å²) in [6.07, 6.45) is 4.07. The molecule has 0 radical (unpaired) electrons. The maximum Gasteiger partial charge on any atom is 0.241 e. The monoisotopic (exact) mass is 374 g/mol. The molecule has 1 aromatic rings. The molecule has 1 fully saturated rings. The summed E-state index contributed by atoms with van der Waals surface area (Å²) in [5.41, 5.74) is 0. The first-order valence-electron chi connectivity index (χ1n) is 8.08. The maximum absolute atomic E-state index is 12.4. The van der Waals surface area contributed by atoms with Gasteiger partial charge in [0.25, 0.3) is 0 Å². The van der Waals surface area contributed by atoms with Crippen molar-refractivity contribution in [2.45, 2.75) is 56.5 Å². The Morgan fingerprint density at radius 3 is 2.62 bits per heavy atom. The fourth-order valence-electron chi connectivity index (χ4n) is 2.67. The molecule has 0 aliphatic heterocycles. The van der Waals surface area contributed by atoms with Crippen LogP contribution in [0.15, 0.2) is 23.1 Å². The Morgan fingerprint density at radius 1 is 1.38 bits per heavy atom. The minimum Gasteiger partial charge on any atom is -0.492 e. The van der Waals surface area contributed by atoms with Crippen LogP contribution in [-0.2, 0) is 14.8 Å². The number of ether oxygens (including phenoxy) is 1. The Bertz CT molecular complexity index is 687. The highest BCUT2D eigenvalue weighted by Crippen LogP contribution is 2.27. The fourth-order valence-corrected chi connectivity index (χ4v) is 4.20. The zero-order valence-electron chi connectivity index (χ0n) is 13.8. The number of carbonyl (C=O) groups is 1. The molecule has 0 aromatic heterocycles. The van der Waals surface area contributed by atoms with Gasteiger partial charge >= 0.3 is 0 Å². The lowest BCUT2D eigenvalue weighted by Gasteiger charge is -2.18. The van der Waals surface area contributed by atoms with Crippen LogP contribution in [0.25, 0.3) is 0 Å². The quantitative estimate of drug-likeness (QED) is 0.767. The highest BCUT2D eigenvalue weighted by Gasteiger charge is 2.25. The molecule has 134 valence electrons. The molecule has 2 rings (SSSR count). The van der Waals surface area contributed by atoms with E-state index in [1.54, 1.807) is 0 Å². The van der Waals surface area contributed by atoms with Crippen molar-refractivity contribution >= 4 is 27.5 Å². The summed E-state index contributed by atoms with van der Waals surface area (Å²) in [6.45, 7) is 3.77. The van der Waals surface area contributed by atoms with E-state index in [0.717, 1.165) is 25.7 Å². The summed E-state index contributed by atoms with van der Waals surface area (Å²) in [5, 5.41) is 3.09.